The molecule has 2 aromatic rings. The predicted octanol–water partition coefficient (Wildman–Crippen LogP) is 0.561. The molecule has 0 spiro atoms. The number of rotatable bonds is 3. The lowest BCUT2D eigenvalue weighted by molar-refractivity contribution is 0.0952. The van der Waals surface area contributed by atoms with Crippen LogP contribution in [-0.4, -0.2) is 40.6 Å². The number of hydrogen-bond donors (Lipinski definition) is 2. The van der Waals surface area contributed by atoms with E-state index in [0.717, 1.165) is 19.5 Å². The number of nitrogens with zero attached hydrogens (tertiary/aromatic N) is 2. The van der Waals surface area contributed by atoms with Crippen LogP contribution in [0.5, 0.6) is 0 Å². The highest BCUT2D eigenvalue weighted by molar-refractivity contribution is 5.92. The van der Waals surface area contributed by atoms with Gasteiger partial charge >= 0.3 is 0 Å². The molecule has 1 amide bonds. The van der Waals surface area contributed by atoms with Crippen molar-refractivity contribution in [3.05, 3.63) is 63.6 Å². The quantitative estimate of drug-likeness (QED) is 0.810. The van der Waals surface area contributed by atoms with E-state index < -0.39 is 0 Å². The van der Waals surface area contributed by atoms with Crippen LogP contribution >= 0.6 is 0 Å². The van der Waals surface area contributed by atoms with Crippen molar-refractivity contribution in [2.75, 3.05) is 19.6 Å². The standard InChI is InChI=1S/C18H18N4O2/c23-17-8-7-16(20-21-17)18(24)19-10-3-4-11-22-12-9-14-5-1-2-6-15(14)13-22/h1-2,5-8H,9-13H2,(H,19,24)(H,21,23). The number of amides is 1. The van der Waals surface area contributed by atoms with E-state index in [9.17, 15) is 9.59 Å². The molecule has 0 atom stereocenters. The van der Waals surface area contributed by atoms with E-state index in [1.54, 1.807) is 0 Å². The molecule has 0 bridgehead atoms. The first-order valence-corrected chi connectivity index (χ1v) is 7.81. The van der Waals surface area contributed by atoms with Crippen molar-refractivity contribution in [2.24, 2.45) is 0 Å². The monoisotopic (exact) mass is 322 g/mol. The molecule has 2 heterocycles. The van der Waals surface area contributed by atoms with Crippen LogP contribution in [0.2, 0.25) is 0 Å². The van der Waals surface area contributed by atoms with Crippen molar-refractivity contribution in [2.45, 2.75) is 13.0 Å². The van der Waals surface area contributed by atoms with Crippen LogP contribution in [0.1, 0.15) is 21.6 Å². The van der Waals surface area contributed by atoms with Gasteiger partial charge in [-0.2, -0.15) is 5.10 Å². The normalized spacial score (nSPS) is 13.5. The van der Waals surface area contributed by atoms with E-state index in [0.29, 0.717) is 6.54 Å². The minimum atomic E-state index is -0.354. The lowest BCUT2D eigenvalue weighted by Gasteiger charge is -2.26. The lowest BCUT2D eigenvalue weighted by Crippen LogP contribution is -2.31. The lowest BCUT2D eigenvalue weighted by atomic mass is 10.0. The summed E-state index contributed by atoms with van der Waals surface area (Å²) < 4.78 is 0. The molecule has 0 radical (unpaired) electrons. The van der Waals surface area contributed by atoms with Crippen molar-refractivity contribution < 1.29 is 4.79 Å². The first kappa shape index (κ1) is 16.0. The van der Waals surface area contributed by atoms with Crippen molar-refractivity contribution >= 4 is 5.91 Å². The molecule has 6 nitrogen and oxygen atoms in total. The molecule has 1 aliphatic heterocycles. The molecule has 2 N–H and O–H groups in total. The Morgan fingerprint density at radius 3 is 2.83 bits per heavy atom. The van der Waals surface area contributed by atoms with Gasteiger partial charge in [0.1, 0.15) is 5.69 Å². The molecule has 1 aromatic carbocycles. The number of aromatic nitrogens is 2. The molecule has 0 aliphatic carbocycles. The third-order valence-corrected chi connectivity index (χ3v) is 3.89. The van der Waals surface area contributed by atoms with Gasteiger partial charge in [0.2, 0.25) is 0 Å². The summed E-state index contributed by atoms with van der Waals surface area (Å²) >= 11 is 0. The van der Waals surface area contributed by atoms with Crippen LogP contribution in [0.3, 0.4) is 0 Å². The van der Waals surface area contributed by atoms with Crippen molar-refractivity contribution in [1.29, 1.82) is 0 Å². The van der Waals surface area contributed by atoms with Gasteiger partial charge in [-0.05, 0) is 23.6 Å². The average molecular weight is 322 g/mol. The molecular formula is C18H18N4O2. The molecule has 0 fully saturated rings. The molecule has 1 aromatic heterocycles. The summed E-state index contributed by atoms with van der Waals surface area (Å²) in [7, 11) is 0. The van der Waals surface area contributed by atoms with Crippen LogP contribution in [0.25, 0.3) is 0 Å². The highest BCUT2D eigenvalue weighted by Crippen LogP contribution is 2.17. The van der Waals surface area contributed by atoms with Crippen LogP contribution in [0.15, 0.2) is 41.2 Å². The van der Waals surface area contributed by atoms with E-state index in [2.05, 4.69) is 56.5 Å². The molecule has 0 unspecified atom stereocenters. The minimum absolute atomic E-state index is 0.170. The summed E-state index contributed by atoms with van der Waals surface area (Å²) in [5.41, 5.74) is 2.61. The zero-order valence-electron chi connectivity index (χ0n) is 13.2. The second kappa shape index (κ2) is 7.57. The van der Waals surface area contributed by atoms with Gasteiger partial charge in [-0.3, -0.25) is 14.5 Å². The van der Waals surface area contributed by atoms with Gasteiger partial charge < -0.3 is 5.32 Å². The van der Waals surface area contributed by atoms with Crippen LogP contribution < -0.4 is 10.9 Å². The fourth-order valence-corrected chi connectivity index (χ4v) is 2.61. The molecule has 3 rings (SSSR count). The summed E-state index contributed by atoms with van der Waals surface area (Å²) in [6.45, 7) is 2.85. The summed E-state index contributed by atoms with van der Waals surface area (Å²) in [4.78, 5) is 25.0. The summed E-state index contributed by atoms with van der Waals surface area (Å²) in [6.07, 6.45) is 1.05. The first-order chi connectivity index (χ1) is 11.7. The molecule has 0 saturated heterocycles. The Morgan fingerprint density at radius 2 is 2.04 bits per heavy atom. The second-order valence-corrected chi connectivity index (χ2v) is 5.57. The molecule has 122 valence electrons. The van der Waals surface area contributed by atoms with Gasteiger partial charge in [0.15, 0.2) is 0 Å². The van der Waals surface area contributed by atoms with Gasteiger partial charge in [-0.25, -0.2) is 5.10 Å². The van der Waals surface area contributed by atoms with Crippen LogP contribution in [-0.2, 0) is 13.0 Å². The maximum atomic E-state index is 11.8. The first-order valence-electron chi connectivity index (χ1n) is 7.81. The summed E-state index contributed by atoms with van der Waals surface area (Å²) in [5.74, 6) is 5.68. The van der Waals surface area contributed by atoms with E-state index in [1.165, 1.54) is 23.3 Å². The van der Waals surface area contributed by atoms with Gasteiger partial charge in [-0.15, -0.1) is 0 Å². The molecule has 1 aliphatic rings. The topological polar surface area (TPSA) is 78.1 Å². The largest absolute Gasteiger partial charge is 0.340 e. The Morgan fingerprint density at radius 1 is 1.21 bits per heavy atom. The van der Waals surface area contributed by atoms with E-state index in [1.807, 2.05) is 0 Å². The van der Waals surface area contributed by atoms with Crippen molar-refractivity contribution in [1.82, 2.24) is 20.4 Å². The van der Waals surface area contributed by atoms with Crippen molar-refractivity contribution in [3.63, 3.8) is 0 Å². The van der Waals surface area contributed by atoms with Crippen LogP contribution in [0.4, 0.5) is 0 Å². The number of fused-ring (bicyclic) bond motifs is 1. The minimum Gasteiger partial charge on any atom is -0.340 e. The number of carbonyl (C=O) groups is 1. The third kappa shape index (κ3) is 4.09. The van der Waals surface area contributed by atoms with Gasteiger partial charge in [-0.1, -0.05) is 36.1 Å². The zero-order valence-corrected chi connectivity index (χ0v) is 13.2. The van der Waals surface area contributed by atoms with Gasteiger partial charge in [0.05, 0.1) is 13.1 Å². The Kier molecular flexibility index (Phi) is 5.04. The highest BCUT2D eigenvalue weighted by atomic mass is 16.2. The third-order valence-electron chi connectivity index (χ3n) is 3.89. The van der Waals surface area contributed by atoms with E-state index >= 15 is 0 Å². The maximum absolute atomic E-state index is 11.8. The number of nitrogens with one attached hydrogen (secondary N) is 2. The number of aromatic amines is 1. The maximum Gasteiger partial charge on any atom is 0.272 e. The Labute approximate surface area is 139 Å². The molecule has 0 saturated carbocycles. The van der Waals surface area contributed by atoms with E-state index in [4.69, 9.17) is 0 Å². The Balaban J connectivity index is 1.45. The smallest absolute Gasteiger partial charge is 0.272 e. The highest BCUT2D eigenvalue weighted by Gasteiger charge is 2.14. The summed E-state index contributed by atoms with van der Waals surface area (Å²) in [5, 5.41) is 8.55. The number of hydrogen-bond acceptors (Lipinski definition) is 4. The molecule has 6 heteroatoms. The number of H-pyrrole nitrogens is 1. The van der Waals surface area contributed by atoms with Crippen molar-refractivity contribution in [3.8, 4) is 11.8 Å². The second-order valence-electron chi connectivity index (χ2n) is 5.57. The van der Waals surface area contributed by atoms with Crippen LogP contribution in [0, 0.1) is 11.8 Å². The number of carbonyl (C=O) groups excluding carboxylic acids is 1. The Hall–Kier alpha value is -2.91. The fraction of sp³-hybridized carbons (Fsp3) is 0.278. The molecule has 24 heavy (non-hydrogen) atoms. The van der Waals surface area contributed by atoms with Gasteiger partial charge in [0, 0.05) is 19.2 Å². The molecular weight excluding hydrogens is 304 g/mol. The summed E-state index contributed by atoms with van der Waals surface area (Å²) in [6, 6.07) is 11.1. The van der Waals surface area contributed by atoms with Gasteiger partial charge in [0.25, 0.3) is 11.5 Å². The number of benzene rings is 1. The Bertz CT molecular complexity index is 827. The van der Waals surface area contributed by atoms with E-state index in [-0.39, 0.29) is 23.7 Å². The average Bonchev–Trinajstić information content (AvgIpc) is 2.61. The fourth-order valence-electron chi connectivity index (χ4n) is 2.61. The zero-order chi connectivity index (χ0) is 16.8. The predicted molar refractivity (Wildman–Crippen MR) is 90.4 cm³/mol. The SMILES string of the molecule is O=C(NCC#CCN1CCc2ccccc2C1)c1ccc(=O)[nH]n1.